The predicted octanol–water partition coefficient (Wildman–Crippen LogP) is 1.99. The van der Waals surface area contributed by atoms with Crippen molar-refractivity contribution in [1.29, 1.82) is 0 Å². The summed E-state index contributed by atoms with van der Waals surface area (Å²) < 4.78 is 28.1. The number of nitrogens with one attached hydrogen (secondary N) is 2. The Morgan fingerprint density at radius 1 is 1.38 bits per heavy atom. The van der Waals surface area contributed by atoms with Crippen LogP contribution in [0.5, 0.6) is 0 Å². The van der Waals surface area contributed by atoms with Crippen LogP contribution in [-0.4, -0.2) is 54.2 Å². The number of nitrogen functional groups attached to an aromatic ring is 1. The molecule has 1 saturated heterocycles. The van der Waals surface area contributed by atoms with E-state index >= 15 is 0 Å². The van der Waals surface area contributed by atoms with E-state index in [1.165, 1.54) is 6.07 Å². The number of aliphatic imine (C=N–C) groups is 1. The van der Waals surface area contributed by atoms with Crippen molar-refractivity contribution in [3.63, 3.8) is 0 Å². The molecule has 0 radical (unpaired) electrons. The maximum absolute atomic E-state index is 14.0. The fourth-order valence-electron chi connectivity index (χ4n) is 3.46. The van der Waals surface area contributed by atoms with Gasteiger partial charge in [0.1, 0.15) is 21.6 Å². The van der Waals surface area contributed by atoms with Crippen molar-refractivity contribution in [3.8, 4) is 10.6 Å². The number of carbonyl (C=O) groups is 1. The van der Waals surface area contributed by atoms with Crippen molar-refractivity contribution in [2.75, 3.05) is 31.9 Å². The van der Waals surface area contributed by atoms with Crippen LogP contribution in [-0.2, 0) is 0 Å². The van der Waals surface area contributed by atoms with Crippen LogP contribution in [0.1, 0.15) is 17.4 Å². The highest BCUT2D eigenvalue weighted by Gasteiger charge is 2.27. The van der Waals surface area contributed by atoms with Gasteiger partial charge < -0.3 is 21.3 Å². The van der Waals surface area contributed by atoms with E-state index in [4.69, 9.17) is 5.73 Å². The van der Waals surface area contributed by atoms with E-state index < -0.39 is 17.5 Å². The summed E-state index contributed by atoms with van der Waals surface area (Å²) in [6.07, 6.45) is 1.61. The molecule has 152 valence electrons. The molecule has 0 aliphatic carbocycles. The van der Waals surface area contributed by atoms with Gasteiger partial charge in [-0.25, -0.2) is 13.8 Å². The van der Waals surface area contributed by atoms with Gasteiger partial charge in [0.05, 0.1) is 23.5 Å². The molecule has 0 bridgehead atoms. The fraction of sp³-hybridized carbons (Fsp3) is 0.316. The lowest BCUT2D eigenvalue weighted by Gasteiger charge is -2.37. The third kappa shape index (κ3) is 3.73. The second-order valence-corrected chi connectivity index (χ2v) is 7.89. The van der Waals surface area contributed by atoms with Crippen molar-refractivity contribution in [2.45, 2.75) is 13.0 Å². The zero-order chi connectivity index (χ0) is 20.5. The first-order valence-corrected chi connectivity index (χ1v) is 9.99. The quantitative estimate of drug-likeness (QED) is 0.706. The van der Waals surface area contributed by atoms with Crippen LogP contribution in [0.3, 0.4) is 0 Å². The van der Waals surface area contributed by atoms with Crippen LogP contribution < -0.4 is 16.4 Å². The van der Waals surface area contributed by atoms with Crippen molar-refractivity contribution in [3.05, 3.63) is 46.9 Å². The number of benzene rings is 1. The van der Waals surface area contributed by atoms with Crippen LogP contribution in [0.15, 0.2) is 34.6 Å². The van der Waals surface area contributed by atoms with Gasteiger partial charge >= 0.3 is 0 Å². The SMILES string of the molecule is C[C@@H]1CNCCN1C1=C(NC(=O)c2nc(-c3c(F)cccc3F)sc2N)C=NC1. The molecule has 1 aromatic carbocycles. The molecule has 4 rings (SSSR count). The zero-order valence-electron chi connectivity index (χ0n) is 15.7. The second-order valence-electron chi connectivity index (χ2n) is 6.86. The number of nitrogens with zero attached hydrogens (tertiary/aromatic N) is 3. The van der Waals surface area contributed by atoms with Crippen molar-refractivity contribution < 1.29 is 13.6 Å². The van der Waals surface area contributed by atoms with Crippen LogP contribution in [0, 0.1) is 11.6 Å². The van der Waals surface area contributed by atoms with E-state index in [1.807, 2.05) is 0 Å². The molecule has 0 unspecified atom stereocenters. The molecule has 1 aromatic heterocycles. The summed E-state index contributed by atoms with van der Waals surface area (Å²) in [6.45, 7) is 5.10. The first-order valence-electron chi connectivity index (χ1n) is 9.18. The van der Waals surface area contributed by atoms with Crippen molar-refractivity contribution in [2.24, 2.45) is 4.99 Å². The number of allylic oxidation sites excluding steroid dienone is 1. The molecular weight excluding hydrogens is 398 g/mol. The van der Waals surface area contributed by atoms with Crippen molar-refractivity contribution in [1.82, 2.24) is 20.5 Å². The molecule has 7 nitrogen and oxygen atoms in total. The maximum atomic E-state index is 14.0. The van der Waals surface area contributed by atoms with Gasteiger partial charge in [0.2, 0.25) is 0 Å². The number of hydrogen-bond acceptors (Lipinski definition) is 7. The molecule has 2 aliphatic heterocycles. The summed E-state index contributed by atoms with van der Waals surface area (Å²) in [5.41, 5.74) is 7.11. The molecule has 4 N–H and O–H groups in total. The lowest BCUT2D eigenvalue weighted by Crippen LogP contribution is -2.50. The van der Waals surface area contributed by atoms with Gasteiger partial charge in [0, 0.05) is 31.9 Å². The Morgan fingerprint density at radius 2 is 2.14 bits per heavy atom. The average molecular weight is 418 g/mol. The van der Waals surface area contributed by atoms with Crippen LogP contribution in [0.25, 0.3) is 10.6 Å². The molecule has 29 heavy (non-hydrogen) atoms. The molecule has 10 heteroatoms. The minimum absolute atomic E-state index is 0.0215. The van der Waals surface area contributed by atoms with Gasteiger partial charge in [-0.3, -0.25) is 9.79 Å². The van der Waals surface area contributed by atoms with E-state index in [2.05, 4.69) is 32.4 Å². The Labute approximate surface area is 170 Å². The highest BCUT2D eigenvalue weighted by atomic mass is 32.1. The highest BCUT2D eigenvalue weighted by Crippen LogP contribution is 2.33. The zero-order valence-corrected chi connectivity index (χ0v) is 16.5. The number of anilines is 1. The molecule has 1 atom stereocenters. The molecule has 2 aliphatic rings. The van der Waals surface area contributed by atoms with Gasteiger partial charge in [-0.2, -0.15) is 0 Å². The van der Waals surface area contributed by atoms with E-state index in [-0.39, 0.29) is 27.3 Å². The van der Waals surface area contributed by atoms with E-state index in [0.29, 0.717) is 12.2 Å². The average Bonchev–Trinajstić information content (AvgIpc) is 3.28. The number of rotatable bonds is 4. The molecular formula is C19H20F2N6OS. The van der Waals surface area contributed by atoms with Gasteiger partial charge in [-0.1, -0.05) is 17.4 Å². The highest BCUT2D eigenvalue weighted by molar-refractivity contribution is 7.19. The Morgan fingerprint density at radius 3 is 2.86 bits per heavy atom. The largest absolute Gasteiger partial charge is 0.389 e. The number of carbonyl (C=O) groups excluding carboxylic acids is 1. The number of hydrogen-bond donors (Lipinski definition) is 3. The summed E-state index contributed by atoms with van der Waals surface area (Å²) in [5.74, 6) is -2.05. The van der Waals surface area contributed by atoms with Crippen molar-refractivity contribution >= 4 is 28.5 Å². The molecule has 1 fully saturated rings. The monoisotopic (exact) mass is 418 g/mol. The number of aromatic nitrogens is 1. The fourth-order valence-corrected chi connectivity index (χ4v) is 4.34. The maximum Gasteiger partial charge on any atom is 0.277 e. The topological polar surface area (TPSA) is 95.6 Å². The Balaban J connectivity index is 1.60. The van der Waals surface area contributed by atoms with E-state index in [0.717, 1.165) is 48.8 Å². The Hall–Kier alpha value is -2.85. The molecule has 3 heterocycles. The van der Waals surface area contributed by atoms with E-state index in [9.17, 15) is 13.6 Å². The number of piperazine rings is 1. The van der Waals surface area contributed by atoms with Crippen LogP contribution >= 0.6 is 11.3 Å². The minimum Gasteiger partial charge on any atom is -0.389 e. The standard InChI is InChI=1S/C19H20F2N6OS/c1-10-7-23-5-6-27(10)14-9-24-8-13(14)25-18(28)16-17(22)29-19(26-16)15-11(20)3-2-4-12(15)21/h2-4,8,10,23H,5-7,9,22H2,1H3,(H,25,28)/t10-/m1/s1. The van der Waals surface area contributed by atoms with Gasteiger partial charge in [-0.15, -0.1) is 0 Å². The normalized spacial score (nSPS) is 19.1. The number of amides is 1. The minimum atomic E-state index is -0.758. The van der Waals surface area contributed by atoms with Crippen LogP contribution in [0.2, 0.25) is 0 Å². The lowest BCUT2D eigenvalue weighted by atomic mass is 10.2. The number of nitrogens with two attached hydrogens (primary N) is 1. The third-order valence-electron chi connectivity index (χ3n) is 4.91. The summed E-state index contributed by atoms with van der Waals surface area (Å²) in [5, 5.41) is 6.24. The molecule has 2 aromatic rings. The van der Waals surface area contributed by atoms with Crippen LogP contribution in [0.4, 0.5) is 13.8 Å². The first-order chi connectivity index (χ1) is 14.0. The predicted molar refractivity (Wildman–Crippen MR) is 109 cm³/mol. The Bertz CT molecular complexity index is 998. The molecule has 0 spiro atoms. The third-order valence-corrected chi connectivity index (χ3v) is 5.82. The summed E-state index contributed by atoms with van der Waals surface area (Å²) in [6, 6.07) is 3.81. The van der Waals surface area contributed by atoms with Gasteiger partial charge in [0.25, 0.3) is 5.91 Å². The summed E-state index contributed by atoms with van der Waals surface area (Å²) in [7, 11) is 0. The lowest BCUT2D eigenvalue weighted by molar-refractivity contribution is 0.0963. The smallest absolute Gasteiger partial charge is 0.277 e. The van der Waals surface area contributed by atoms with E-state index in [1.54, 1.807) is 6.21 Å². The number of thiazole rings is 1. The van der Waals surface area contributed by atoms with Gasteiger partial charge in [-0.05, 0) is 19.1 Å². The summed E-state index contributed by atoms with van der Waals surface area (Å²) in [4.78, 5) is 23.4. The molecule has 0 saturated carbocycles. The summed E-state index contributed by atoms with van der Waals surface area (Å²) >= 11 is 0.869. The second kappa shape index (κ2) is 7.88. The Kier molecular flexibility index (Phi) is 5.29. The first kappa shape index (κ1) is 19.5. The number of halogens is 2. The van der Waals surface area contributed by atoms with Gasteiger partial charge in [0.15, 0.2) is 5.69 Å². The molecule has 1 amide bonds.